The van der Waals surface area contributed by atoms with Crippen LogP contribution in [0.15, 0.2) is 36.4 Å². The van der Waals surface area contributed by atoms with Gasteiger partial charge in [0.25, 0.3) is 0 Å². The first-order valence-corrected chi connectivity index (χ1v) is 14.6. The third kappa shape index (κ3) is 4.84. The van der Waals surface area contributed by atoms with E-state index in [1.165, 1.54) is 18.0 Å². The van der Waals surface area contributed by atoms with Gasteiger partial charge in [0, 0.05) is 47.9 Å². The summed E-state index contributed by atoms with van der Waals surface area (Å²) in [6.07, 6.45) is 7.46. The second-order valence-electron chi connectivity index (χ2n) is 10.4. The number of fused-ring (bicyclic) bond motifs is 2. The normalized spacial score (nSPS) is 20.5. The quantitative estimate of drug-likeness (QED) is 0.378. The molecule has 3 heterocycles. The Balaban J connectivity index is 1.35. The smallest absolute Gasteiger partial charge is 0.226 e. The fourth-order valence-corrected chi connectivity index (χ4v) is 7.28. The van der Waals surface area contributed by atoms with Crippen LogP contribution in [0.25, 0.3) is 10.1 Å². The van der Waals surface area contributed by atoms with E-state index in [4.69, 9.17) is 16.3 Å². The van der Waals surface area contributed by atoms with E-state index in [9.17, 15) is 9.59 Å². The zero-order valence-corrected chi connectivity index (χ0v) is 22.5. The summed E-state index contributed by atoms with van der Waals surface area (Å²) in [7, 11) is 0. The molecule has 37 heavy (non-hydrogen) atoms. The van der Waals surface area contributed by atoms with Gasteiger partial charge < -0.3 is 14.5 Å². The highest BCUT2D eigenvalue weighted by Crippen LogP contribution is 2.43. The number of nitrogens with zero attached hydrogens (tertiary/aromatic N) is 3. The van der Waals surface area contributed by atoms with Crippen LogP contribution in [0.2, 0.25) is 5.02 Å². The summed E-state index contributed by atoms with van der Waals surface area (Å²) >= 11 is 8.20. The molecule has 2 aliphatic heterocycles. The summed E-state index contributed by atoms with van der Waals surface area (Å²) in [5.41, 5.74) is 2.90. The average Bonchev–Trinajstić information content (AvgIpc) is 3.54. The largest absolute Gasteiger partial charge is 0.487 e. The Morgan fingerprint density at radius 1 is 1.05 bits per heavy atom. The summed E-state index contributed by atoms with van der Waals surface area (Å²) in [6, 6.07) is 11.7. The maximum atomic E-state index is 13.9. The minimum atomic E-state index is -0.263. The van der Waals surface area contributed by atoms with E-state index in [0.717, 1.165) is 71.3 Å². The van der Waals surface area contributed by atoms with Gasteiger partial charge in [0.15, 0.2) is 0 Å². The maximum Gasteiger partial charge on any atom is 0.226 e. The van der Waals surface area contributed by atoms with Gasteiger partial charge in [-0.05, 0) is 61.0 Å². The van der Waals surface area contributed by atoms with E-state index in [2.05, 4.69) is 16.5 Å². The number of halogens is 1. The number of ether oxygens (including phenoxy) is 1. The molecule has 6 nitrogen and oxygen atoms in total. The van der Waals surface area contributed by atoms with Crippen LogP contribution in [0, 0.1) is 5.92 Å². The van der Waals surface area contributed by atoms with Crippen molar-refractivity contribution in [2.24, 2.45) is 5.92 Å². The monoisotopic (exact) mass is 537 g/mol. The molecule has 0 unspecified atom stereocenters. The number of hydrogen-bond acceptors (Lipinski definition) is 5. The van der Waals surface area contributed by atoms with Crippen LogP contribution >= 0.6 is 23.1 Å². The van der Waals surface area contributed by atoms with Gasteiger partial charge in [-0.15, -0.1) is 0 Å². The Hall–Kier alpha value is -2.64. The van der Waals surface area contributed by atoms with Crippen molar-refractivity contribution >= 4 is 45.0 Å². The van der Waals surface area contributed by atoms with Gasteiger partial charge in [-0.2, -0.15) is 4.37 Å². The predicted molar refractivity (Wildman–Crippen MR) is 146 cm³/mol. The van der Waals surface area contributed by atoms with Gasteiger partial charge >= 0.3 is 0 Å². The molecule has 1 saturated carbocycles. The third-order valence-corrected chi connectivity index (χ3v) is 9.41. The first kappa shape index (κ1) is 24.7. The standard InChI is InChI=1S/C29H32ClN3O3S/c30-22-12-13-25(36-18-23-21-9-4-5-10-26(21)37-31-23)28-20(22)14-16-33(29(35)19-7-2-1-3-8-19)24(28)17-32-15-6-11-27(32)34/h4-5,9-10,12-13,19,24H,1-3,6-8,11,14-18H2/t24-/m1/s1. The van der Waals surface area contributed by atoms with Crippen LogP contribution in [0.5, 0.6) is 5.75 Å². The van der Waals surface area contributed by atoms with E-state index < -0.39 is 0 Å². The number of rotatable bonds is 6. The number of amides is 2. The SMILES string of the molecule is O=C1CCCN1C[C@@H]1c2c(OCc3nsc4ccccc34)ccc(Cl)c2CCN1C(=O)C1CCCCC1. The van der Waals surface area contributed by atoms with E-state index in [0.29, 0.717) is 37.6 Å². The van der Waals surface area contributed by atoms with Crippen LogP contribution in [-0.4, -0.2) is 45.6 Å². The lowest BCUT2D eigenvalue weighted by Gasteiger charge is -2.42. The van der Waals surface area contributed by atoms with Crippen molar-refractivity contribution in [2.75, 3.05) is 19.6 Å². The fraction of sp³-hybridized carbons (Fsp3) is 0.483. The second kappa shape index (κ2) is 10.6. The van der Waals surface area contributed by atoms with Gasteiger partial charge in [0.05, 0.1) is 16.4 Å². The molecule has 0 bridgehead atoms. The van der Waals surface area contributed by atoms with Crippen LogP contribution < -0.4 is 4.74 Å². The van der Waals surface area contributed by atoms with Crippen molar-refractivity contribution in [3.63, 3.8) is 0 Å². The van der Waals surface area contributed by atoms with Crippen LogP contribution in [0.1, 0.15) is 67.8 Å². The molecule has 0 spiro atoms. The highest BCUT2D eigenvalue weighted by molar-refractivity contribution is 7.13. The second-order valence-corrected chi connectivity index (χ2v) is 11.6. The van der Waals surface area contributed by atoms with Crippen LogP contribution in [-0.2, 0) is 22.6 Å². The minimum Gasteiger partial charge on any atom is -0.487 e. The molecule has 2 aromatic carbocycles. The lowest BCUT2D eigenvalue weighted by atomic mass is 9.85. The van der Waals surface area contributed by atoms with Crippen molar-refractivity contribution in [1.82, 2.24) is 14.2 Å². The molecule has 2 fully saturated rings. The summed E-state index contributed by atoms with van der Waals surface area (Å²) < 4.78 is 12.2. The Morgan fingerprint density at radius 2 is 1.89 bits per heavy atom. The highest BCUT2D eigenvalue weighted by Gasteiger charge is 2.39. The first-order chi connectivity index (χ1) is 18.1. The van der Waals surface area contributed by atoms with Gasteiger partial charge in [-0.3, -0.25) is 9.59 Å². The van der Waals surface area contributed by atoms with Gasteiger partial charge in [0.2, 0.25) is 11.8 Å². The first-order valence-electron chi connectivity index (χ1n) is 13.5. The summed E-state index contributed by atoms with van der Waals surface area (Å²) in [5, 5.41) is 1.80. The van der Waals surface area contributed by atoms with Gasteiger partial charge in [0.1, 0.15) is 12.4 Å². The fourth-order valence-electron chi connectivity index (χ4n) is 6.24. The van der Waals surface area contributed by atoms with Gasteiger partial charge in [-0.25, -0.2) is 0 Å². The molecule has 8 heteroatoms. The van der Waals surface area contributed by atoms with Crippen molar-refractivity contribution in [3.05, 3.63) is 58.2 Å². The average molecular weight is 538 g/mol. The van der Waals surface area contributed by atoms with Crippen LogP contribution in [0.4, 0.5) is 0 Å². The molecule has 194 valence electrons. The van der Waals surface area contributed by atoms with Crippen molar-refractivity contribution < 1.29 is 14.3 Å². The molecule has 1 aliphatic carbocycles. The van der Waals surface area contributed by atoms with Crippen LogP contribution in [0.3, 0.4) is 0 Å². The van der Waals surface area contributed by atoms with E-state index in [1.807, 2.05) is 34.1 Å². The van der Waals surface area contributed by atoms with Crippen molar-refractivity contribution in [1.29, 1.82) is 0 Å². The molecule has 0 radical (unpaired) electrons. The number of likely N-dealkylation sites (tertiary alicyclic amines) is 1. The summed E-state index contributed by atoms with van der Waals surface area (Å²) in [4.78, 5) is 30.5. The van der Waals surface area contributed by atoms with Crippen molar-refractivity contribution in [3.8, 4) is 5.75 Å². The Kier molecular flexibility index (Phi) is 7.08. The maximum absolute atomic E-state index is 13.9. The molecular weight excluding hydrogens is 506 g/mol. The Morgan fingerprint density at radius 3 is 2.70 bits per heavy atom. The topological polar surface area (TPSA) is 62.7 Å². The van der Waals surface area contributed by atoms with E-state index in [1.54, 1.807) is 0 Å². The number of aromatic nitrogens is 1. The molecule has 1 atom stereocenters. The highest BCUT2D eigenvalue weighted by atomic mass is 35.5. The lowest BCUT2D eigenvalue weighted by molar-refractivity contribution is -0.141. The molecule has 3 aliphatic rings. The minimum absolute atomic E-state index is 0.0667. The number of hydrogen-bond donors (Lipinski definition) is 0. The molecule has 3 aromatic rings. The molecule has 2 amide bonds. The molecule has 1 saturated heterocycles. The van der Waals surface area contributed by atoms with Crippen molar-refractivity contribution in [2.45, 2.75) is 64.0 Å². The molecule has 0 N–H and O–H groups in total. The number of benzene rings is 2. The number of carbonyl (C=O) groups excluding carboxylic acids is 2. The molecule has 1 aromatic heterocycles. The predicted octanol–water partition coefficient (Wildman–Crippen LogP) is 6.16. The van der Waals surface area contributed by atoms with Gasteiger partial charge in [-0.1, -0.05) is 49.1 Å². The lowest BCUT2D eigenvalue weighted by Crippen LogP contribution is -2.48. The number of carbonyl (C=O) groups is 2. The van der Waals surface area contributed by atoms with E-state index in [-0.39, 0.29) is 23.8 Å². The zero-order chi connectivity index (χ0) is 25.4. The van der Waals surface area contributed by atoms with E-state index >= 15 is 0 Å². The Bertz CT molecular complexity index is 1320. The summed E-state index contributed by atoms with van der Waals surface area (Å²) in [5.74, 6) is 1.18. The summed E-state index contributed by atoms with van der Waals surface area (Å²) in [6.45, 7) is 2.18. The zero-order valence-electron chi connectivity index (χ0n) is 21.0. The third-order valence-electron chi connectivity index (χ3n) is 8.19. The molecule has 6 rings (SSSR count). The molecular formula is C29H32ClN3O3S. The Labute approximate surface area is 226 Å².